The van der Waals surface area contributed by atoms with Gasteiger partial charge in [0.2, 0.25) is 5.91 Å². The van der Waals surface area contributed by atoms with Crippen molar-refractivity contribution in [1.82, 2.24) is 15.1 Å². The minimum atomic E-state index is -0.133. The average Bonchev–Trinajstić information content (AvgIpc) is 2.92. The van der Waals surface area contributed by atoms with Gasteiger partial charge in [-0.2, -0.15) is 5.10 Å². The number of hydrogen-bond acceptors (Lipinski definition) is 4. The standard InChI is InChI=1S/C18H23N3O2S/c1-13(19-17(22)11-15-7-5-9-24-15)12-21-18(23)10-14-6-3-2-4-8-16(14)20-21/h5,7,9-10,13H,2-4,6,8,11-12H2,1H3,(H,19,22)/t13-/m1/s1. The second-order valence-electron chi connectivity index (χ2n) is 6.42. The largest absolute Gasteiger partial charge is 0.351 e. The fourth-order valence-corrected chi connectivity index (χ4v) is 3.81. The molecular weight excluding hydrogens is 322 g/mol. The van der Waals surface area contributed by atoms with Crippen LogP contribution in [0.2, 0.25) is 0 Å². The maximum absolute atomic E-state index is 12.3. The highest BCUT2D eigenvalue weighted by atomic mass is 32.1. The Kier molecular flexibility index (Phi) is 5.45. The normalized spacial score (nSPS) is 15.4. The second-order valence-corrected chi connectivity index (χ2v) is 7.45. The highest BCUT2D eigenvalue weighted by Crippen LogP contribution is 2.16. The smallest absolute Gasteiger partial charge is 0.267 e. The van der Waals surface area contributed by atoms with Gasteiger partial charge >= 0.3 is 0 Å². The first-order chi connectivity index (χ1) is 11.6. The first kappa shape index (κ1) is 16.9. The number of rotatable bonds is 5. The molecule has 128 valence electrons. The van der Waals surface area contributed by atoms with Gasteiger partial charge in [-0.05, 0) is 49.6 Å². The molecule has 1 atom stereocenters. The van der Waals surface area contributed by atoms with Gasteiger partial charge in [0.1, 0.15) is 0 Å². The van der Waals surface area contributed by atoms with Crippen molar-refractivity contribution in [3.05, 3.63) is 50.1 Å². The van der Waals surface area contributed by atoms with Crippen LogP contribution < -0.4 is 10.9 Å². The molecule has 24 heavy (non-hydrogen) atoms. The van der Waals surface area contributed by atoms with Crippen LogP contribution in [0.3, 0.4) is 0 Å². The third-order valence-corrected chi connectivity index (χ3v) is 5.17. The molecule has 3 rings (SSSR count). The summed E-state index contributed by atoms with van der Waals surface area (Å²) in [7, 11) is 0. The van der Waals surface area contributed by atoms with Crippen molar-refractivity contribution in [1.29, 1.82) is 0 Å². The van der Waals surface area contributed by atoms with Crippen LogP contribution in [-0.2, 0) is 30.6 Å². The predicted octanol–water partition coefficient (Wildman–Crippen LogP) is 2.32. The number of carbonyl (C=O) groups excluding carboxylic acids is 1. The number of carbonyl (C=O) groups is 1. The molecule has 6 heteroatoms. The number of aryl methyl sites for hydroxylation is 2. The van der Waals surface area contributed by atoms with Crippen molar-refractivity contribution in [2.45, 2.75) is 58.0 Å². The molecule has 5 nitrogen and oxygen atoms in total. The molecule has 1 aliphatic rings. The Bertz CT molecular complexity index is 752. The number of thiophene rings is 1. The molecule has 0 aliphatic heterocycles. The summed E-state index contributed by atoms with van der Waals surface area (Å²) < 4.78 is 1.50. The van der Waals surface area contributed by atoms with Crippen molar-refractivity contribution >= 4 is 17.2 Å². The topological polar surface area (TPSA) is 64.0 Å². The van der Waals surface area contributed by atoms with Gasteiger partial charge in [-0.15, -0.1) is 11.3 Å². The highest BCUT2D eigenvalue weighted by Gasteiger charge is 2.15. The van der Waals surface area contributed by atoms with Crippen molar-refractivity contribution in [3.63, 3.8) is 0 Å². The summed E-state index contributed by atoms with van der Waals surface area (Å²) in [5.74, 6) is -0.0206. The summed E-state index contributed by atoms with van der Waals surface area (Å²) in [6, 6.07) is 5.49. The van der Waals surface area contributed by atoms with Crippen molar-refractivity contribution in [2.75, 3.05) is 0 Å². The third kappa shape index (κ3) is 4.32. The van der Waals surface area contributed by atoms with Gasteiger partial charge in [-0.3, -0.25) is 9.59 Å². The summed E-state index contributed by atoms with van der Waals surface area (Å²) in [5, 5.41) is 9.47. The van der Waals surface area contributed by atoms with E-state index in [0.29, 0.717) is 13.0 Å². The van der Waals surface area contributed by atoms with E-state index in [1.165, 1.54) is 11.1 Å². The van der Waals surface area contributed by atoms with Crippen LogP contribution in [0.5, 0.6) is 0 Å². The lowest BCUT2D eigenvalue weighted by molar-refractivity contribution is -0.121. The van der Waals surface area contributed by atoms with Gasteiger partial charge in [0.25, 0.3) is 5.56 Å². The molecule has 0 bridgehead atoms. The van der Waals surface area contributed by atoms with E-state index in [1.54, 1.807) is 17.4 Å². The summed E-state index contributed by atoms with van der Waals surface area (Å²) >= 11 is 1.57. The summed E-state index contributed by atoms with van der Waals surface area (Å²) in [4.78, 5) is 25.4. The first-order valence-corrected chi connectivity index (χ1v) is 9.41. The van der Waals surface area contributed by atoms with Crippen LogP contribution >= 0.6 is 11.3 Å². The molecule has 2 aromatic rings. The molecule has 0 radical (unpaired) electrons. The fraction of sp³-hybridized carbons (Fsp3) is 0.500. The van der Waals surface area contributed by atoms with Gasteiger partial charge in [0, 0.05) is 17.0 Å². The Hall–Kier alpha value is -1.95. The molecule has 2 heterocycles. The molecule has 1 aliphatic carbocycles. The number of aromatic nitrogens is 2. The van der Waals surface area contributed by atoms with Gasteiger partial charge < -0.3 is 5.32 Å². The number of hydrogen-bond donors (Lipinski definition) is 1. The second kappa shape index (κ2) is 7.75. The first-order valence-electron chi connectivity index (χ1n) is 8.53. The van der Waals surface area contributed by atoms with E-state index in [1.807, 2.05) is 24.4 Å². The quantitative estimate of drug-likeness (QED) is 0.846. The van der Waals surface area contributed by atoms with E-state index in [-0.39, 0.29) is 17.5 Å². The number of nitrogens with zero attached hydrogens (tertiary/aromatic N) is 2. The minimum absolute atomic E-state index is 0.0206. The molecule has 1 amide bonds. The zero-order chi connectivity index (χ0) is 16.9. The SMILES string of the molecule is C[C@H](Cn1nc2c(cc1=O)CCCCC2)NC(=O)Cc1cccs1. The van der Waals surface area contributed by atoms with Crippen molar-refractivity contribution in [3.8, 4) is 0 Å². The van der Waals surface area contributed by atoms with Crippen molar-refractivity contribution < 1.29 is 4.79 Å². The lowest BCUT2D eigenvalue weighted by Gasteiger charge is -2.16. The molecule has 1 N–H and O–H groups in total. The summed E-state index contributed by atoms with van der Waals surface area (Å²) in [6.07, 6.45) is 5.73. The zero-order valence-corrected chi connectivity index (χ0v) is 14.8. The van der Waals surface area contributed by atoms with Crippen LogP contribution in [-0.4, -0.2) is 21.7 Å². The molecule has 0 aromatic carbocycles. The van der Waals surface area contributed by atoms with E-state index in [9.17, 15) is 9.59 Å². The van der Waals surface area contributed by atoms with Gasteiger partial charge in [-0.1, -0.05) is 12.5 Å². The highest BCUT2D eigenvalue weighted by molar-refractivity contribution is 7.10. The third-order valence-electron chi connectivity index (χ3n) is 4.29. The number of nitrogens with one attached hydrogen (secondary N) is 1. The van der Waals surface area contributed by atoms with Crippen LogP contribution in [0, 0.1) is 0 Å². The van der Waals surface area contributed by atoms with Crippen LogP contribution in [0.1, 0.15) is 42.3 Å². The van der Waals surface area contributed by atoms with Gasteiger partial charge in [0.05, 0.1) is 18.7 Å². The Morgan fingerprint density at radius 1 is 1.38 bits per heavy atom. The summed E-state index contributed by atoms with van der Waals surface area (Å²) in [6.45, 7) is 2.31. The fourth-order valence-electron chi connectivity index (χ4n) is 3.11. The molecular formula is C18H23N3O2S. The Balaban J connectivity index is 1.63. The Morgan fingerprint density at radius 2 is 2.21 bits per heavy atom. The van der Waals surface area contributed by atoms with E-state index in [0.717, 1.165) is 41.8 Å². The number of fused-ring (bicyclic) bond motifs is 1. The molecule has 0 unspecified atom stereocenters. The number of amides is 1. The molecule has 2 aromatic heterocycles. The zero-order valence-electron chi connectivity index (χ0n) is 14.0. The minimum Gasteiger partial charge on any atom is -0.351 e. The maximum atomic E-state index is 12.3. The van der Waals surface area contributed by atoms with Crippen LogP contribution in [0.4, 0.5) is 0 Å². The lowest BCUT2D eigenvalue weighted by Crippen LogP contribution is -2.39. The van der Waals surface area contributed by atoms with Crippen LogP contribution in [0.25, 0.3) is 0 Å². The molecule has 0 saturated carbocycles. The van der Waals surface area contributed by atoms with E-state index >= 15 is 0 Å². The average molecular weight is 345 g/mol. The molecule has 0 fully saturated rings. The lowest BCUT2D eigenvalue weighted by atomic mass is 10.1. The van der Waals surface area contributed by atoms with Crippen LogP contribution in [0.15, 0.2) is 28.4 Å². The van der Waals surface area contributed by atoms with E-state index < -0.39 is 0 Å². The summed E-state index contributed by atoms with van der Waals surface area (Å²) in [5.41, 5.74) is 2.07. The van der Waals surface area contributed by atoms with Gasteiger partial charge in [0.15, 0.2) is 0 Å². The molecule has 0 saturated heterocycles. The van der Waals surface area contributed by atoms with E-state index in [2.05, 4.69) is 10.4 Å². The van der Waals surface area contributed by atoms with Crippen molar-refractivity contribution in [2.24, 2.45) is 0 Å². The molecule has 0 spiro atoms. The maximum Gasteiger partial charge on any atom is 0.267 e. The Labute approximate surface area is 145 Å². The Morgan fingerprint density at radius 3 is 3.00 bits per heavy atom. The van der Waals surface area contributed by atoms with Gasteiger partial charge in [-0.25, -0.2) is 4.68 Å². The monoisotopic (exact) mass is 345 g/mol. The predicted molar refractivity (Wildman–Crippen MR) is 95.4 cm³/mol. The van der Waals surface area contributed by atoms with E-state index in [4.69, 9.17) is 0 Å².